The van der Waals surface area contributed by atoms with E-state index in [0.29, 0.717) is 0 Å². The minimum atomic E-state index is 0.745. The van der Waals surface area contributed by atoms with Crippen LogP contribution in [0.2, 0.25) is 0 Å². The van der Waals surface area contributed by atoms with E-state index in [9.17, 15) is 0 Å². The van der Waals surface area contributed by atoms with Gasteiger partial charge in [-0.1, -0.05) is 33.5 Å². The van der Waals surface area contributed by atoms with Crippen LogP contribution in [0.3, 0.4) is 0 Å². The second kappa shape index (κ2) is 5.25. The van der Waals surface area contributed by atoms with Gasteiger partial charge >= 0.3 is 0 Å². The molecule has 0 saturated heterocycles. The van der Waals surface area contributed by atoms with Crippen molar-refractivity contribution >= 4 is 29.2 Å². The molecule has 0 atom stereocenters. The van der Waals surface area contributed by atoms with Crippen molar-refractivity contribution in [3.8, 4) is 5.75 Å². The van der Waals surface area contributed by atoms with Gasteiger partial charge in [-0.3, -0.25) is 0 Å². The first-order valence-corrected chi connectivity index (χ1v) is 4.99. The van der Waals surface area contributed by atoms with Crippen LogP contribution in [0.1, 0.15) is 6.42 Å². The highest BCUT2D eigenvalue weighted by Gasteiger charge is 1.91. The van der Waals surface area contributed by atoms with Gasteiger partial charge in [-0.15, -0.1) is 0 Å². The summed E-state index contributed by atoms with van der Waals surface area (Å²) in [6.45, 7) is 0.745. The van der Waals surface area contributed by atoms with E-state index in [2.05, 4.69) is 15.9 Å². The number of halogens is 1. The monoisotopic (exact) mass is 224 g/mol. The molecular weight excluding hydrogens is 215 g/mol. The number of hydrogen-bond donors (Lipinski definition) is 0. The van der Waals surface area contributed by atoms with Gasteiger partial charge in [0.1, 0.15) is 13.6 Å². The normalized spacial score (nSPS) is 9.75. The Morgan fingerprint density at radius 3 is 2.50 bits per heavy atom. The second-order valence-electron chi connectivity index (χ2n) is 2.46. The molecule has 0 unspecified atom stereocenters. The Hall–Kier alpha value is -0.435. The molecule has 1 rings (SSSR count). The quantitative estimate of drug-likeness (QED) is 0.430. The van der Waals surface area contributed by atoms with Gasteiger partial charge in [0.05, 0.1) is 6.61 Å². The van der Waals surface area contributed by atoms with Crippen LogP contribution in [0.5, 0.6) is 5.75 Å². The molecular formula is C9H10BBrO. The van der Waals surface area contributed by atoms with Crippen molar-refractivity contribution in [3.05, 3.63) is 24.3 Å². The number of alkyl halides is 1. The second-order valence-corrected chi connectivity index (χ2v) is 3.25. The van der Waals surface area contributed by atoms with Crippen LogP contribution in [0.25, 0.3) is 0 Å². The first-order chi connectivity index (χ1) is 5.83. The standard InChI is InChI=1S/C9H10BBrO/c10-8-2-4-9(5-3-8)12-7-1-6-11/h2-5H,1,6-7H2. The fourth-order valence-corrected chi connectivity index (χ4v) is 1.04. The van der Waals surface area contributed by atoms with Crippen LogP contribution >= 0.6 is 15.9 Å². The van der Waals surface area contributed by atoms with Gasteiger partial charge in [0.15, 0.2) is 0 Å². The number of rotatable bonds is 4. The zero-order chi connectivity index (χ0) is 8.81. The van der Waals surface area contributed by atoms with Crippen LogP contribution in [-0.4, -0.2) is 19.8 Å². The highest BCUT2D eigenvalue weighted by Crippen LogP contribution is 2.07. The van der Waals surface area contributed by atoms with Crippen molar-refractivity contribution in [2.24, 2.45) is 0 Å². The van der Waals surface area contributed by atoms with E-state index in [0.717, 1.165) is 29.6 Å². The van der Waals surface area contributed by atoms with E-state index >= 15 is 0 Å². The summed E-state index contributed by atoms with van der Waals surface area (Å²) in [5.41, 5.74) is 0.767. The van der Waals surface area contributed by atoms with Crippen molar-refractivity contribution in [1.29, 1.82) is 0 Å². The van der Waals surface area contributed by atoms with Gasteiger partial charge in [0.2, 0.25) is 0 Å². The van der Waals surface area contributed by atoms with E-state index in [1.165, 1.54) is 0 Å². The summed E-state index contributed by atoms with van der Waals surface area (Å²) in [6, 6.07) is 7.43. The maximum Gasteiger partial charge on any atom is 0.119 e. The van der Waals surface area contributed by atoms with Gasteiger partial charge in [-0.05, 0) is 18.6 Å². The summed E-state index contributed by atoms with van der Waals surface area (Å²) in [4.78, 5) is 0. The summed E-state index contributed by atoms with van der Waals surface area (Å²) in [5, 5.41) is 0.974. The summed E-state index contributed by atoms with van der Waals surface area (Å²) >= 11 is 3.33. The van der Waals surface area contributed by atoms with E-state index in [-0.39, 0.29) is 0 Å². The van der Waals surface area contributed by atoms with Gasteiger partial charge in [0.25, 0.3) is 0 Å². The lowest BCUT2D eigenvalue weighted by molar-refractivity contribution is 0.319. The van der Waals surface area contributed by atoms with E-state index in [1.54, 1.807) is 0 Å². The number of ether oxygens (including phenoxy) is 1. The third-order valence-electron chi connectivity index (χ3n) is 1.43. The number of benzene rings is 1. The van der Waals surface area contributed by atoms with Crippen molar-refractivity contribution in [2.45, 2.75) is 6.42 Å². The first-order valence-electron chi connectivity index (χ1n) is 3.87. The van der Waals surface area contributed by atoms with Crippen LogP contribution in [0.15, 0.2) is 24.3 Å². The predicted molar refractivity (Wildman–Crippen MR) is 55.7 cm³/mol. The van der Waals surface area contributed by atoms with E-state index < -0.39 is 0 Å². The highest BCUT2D eigenvalue weighted by atomic mass is 79.9. The maximum atomic E-state index is 5.52. The smallest absolute Gasteiger partial charge is 0.119 e. The average molecular weight is 225 g/mol. The van der Waals surface area contributed by atoms with E-state index in [1.807, 2.05) is 24.3 Å². The predicted octanol–water partition coefficient (Wildman–Crippen LogP) is 1.64. The summed E-state index contributed by atoms with van der Waals surface area (Å²) in [7, 11) is 5.52. The molecule has 2 radical (unpaired) electrons. The Bertz CT molecular complexity index is 222. The Morgan fingerprint density at radius 2 is 1.92 bits per heavy atom. The SMILES string of the molecule is [B]c1ccc(OCCCBr)cc1. The molecule has 0 amide bonds. The molecule has 0 spiro atoms. The van der Waals surface area contributed by atoms with Crippen LogP contribution in [-0.2, 0) is 0 Å². The molecule has 12 heavy (non-hydrogen) atoms. The Labute approximate surface area is 82.7 Å². The average Bonchev–Trinajstić information content (AvgIpc) is 2.09. The lowest BCUT2D eigenvalue weighted by atomic mass is 9.97. The Kier molecular flexibility index (Phi) is 4.22. The molecule has 0 bridgehead atoms. The maximum absolute atomic E-state index is 5.52. The fraction of sp³-hybridized carbons (Fsp3) is 0.333. The van der Waals surface area contributed by atoms with Crippen LogP contribution in [0, 0.1) is 0 Å². The molecule has 0 aromatic heterocycles. The molecule has 0 saturated carbocycles. The minimum absolute atomic E-state index is 0.745. The minimum Gasteiger partial charge on any atom is -0.494 e. The molecule has 0 heterocycles. The van der Waals surface area contributed by atoms with Crippen molar-refractivity contribution in [3.63, 3.8) is 0 Å². The van der Waals surface area contributed by atoms with Gasteiger partial charge in [0, 0.05) is 5.33 Å². The zero-order valence-corrected chi connectivity index (χ0v) is 8.38. The van der Waals surface area contributed by atoms with Gasteiger partial charge in [-0.25, -0.2) is 0 Å². The van der Waals surface area contributed by atoms with E-state index in [4.69, 9.17) is 12.6 Å². The Morgan fingerprint density at radius 1 is 1.25 bits per heavy atom. The zero-order valence-electron chi connectivity index (χ0n) is 6.79. The molecule has 0 fully saturated rings. The Balaban J connectivity index is 2.37. The molecule has 0 aliphatic heterocycles. The van der Waals surface area contributed by atoms with Crippen LogP contribution < -0.4 is 10.2 Å². The van der Waals surface area contributed by atoms with Crippen LogP contribution in [0.4, 0.5) is 0 Å². The summed E-state index contributed by atoms with van der Waals surface area (Å²) in [6.07, 6.45) is 1.02. The third kappa shape index (κ3) is 3.31. The molecule has 0 aliphatic rings. The molecule has 0 N–H and O–H groups in total. The number of hydrogen-bond acceptors (Lipinski definition) is 1. The van der Waals surface area contributed by atoms with Gasteiger partial charge < -0.3 is 4.74 Å². The lowest BCUT2D eigenvalue weighted by Crippen LogP contribution is -2.02. The first kappa shape index (κ1) is 9.65. The molecule has 3 heteroatoms. The van der Waals surface area contributed by atoms with Crippen molar-refractivity contribution in [1.82, 2.24) is 0 Å². The van der Waals surface area contributed by atoms with Gasteiger partial charge in [-0.2, -0.15) is 0 Å². The van der Waals surface area contributed by atoms with Crippen molar-refractivity contribution < 1.29 is 4.74 Å². The summed E-state index contributed by atoms with van der Waals surface area (Å²) < 4.78 is 5.42. The molecule has 1 nitrogen and oxygen atoms in total. The molecule has 0 aliphatic carbocycles. The fourth-order valence-electron chi connectivity index (χ4n) is 0.809. The summed E-state index contributed by atoms with van der Waals surface area (Å²) in [5.74, 6) is 0.880. The third-order valence-corrected chi connectivity index (χ3v) is 1.99. The largest absolute Gasteiger partial charge is 0.494 e. The molecule has 62 valence electrons. The lowest BCUT2D eigenvalue weighted by Gasteiger charge is -2.04. The van der Waals surface area contributed by atoms with Crippen molar-refractivity contribution in [2.75, 3.05) is 11.9 Å². The topological polar surface area (TPSA) is 9.23 Å². The highest BCUT2D eigenvalue weighted by molar-refractivity contribution is 9.09. The molecule has 1 aromatic carbocycles. The molecule has 1 aromatic rings.